The van der Waals surface area contributed by atoms with Gasteiger partial charge < -0.3 is 14.6 Å². The molecular weight excluding hydrogens is 338 g/mol. The van der Waals surface area contributed by atoms with Gasteiger partial charge in [0.25, 0.3) is 0 Å². The Labute approximate surface area is 161 Å². The molecule has 27 heavy (non-hydrogen) atoms. The molecule has 1 aliphatic carbocycles. The molecule has 1 saturated heterocycles. The lowest BCUT2D eigenvalue weighted by Crippen LogP contribution is -2.43. The fourth-order valence-corrected chi connectivity index (χ4v) is 5.11. The van der Waals surface area contributed by atoms with Crippen LogP contribution in [-0.4, -0.2) is 37.3 Å². The summed E-state index contributed by atoms with van der Waals surface area (Å²) in [4.78, 5) is 2.48. The molecule has 1 saturated carbocycles. The summed E-state index contributed by atoms with van der Waals surface area (Å²) in [6.07, 6.45) is 3.06. The molecule has 0 aromatic heterocycles. The number of fused-ring (bicyclic) bond motifs is 1. The van der Waals surface area contributed by atoms with E-state index in [-0.39, 0.29) is 5.92 Å². The van der Waals surface area contributed by atoms with Crippen molar-refractivity contribution in [1.82, 2.24) is 4.90 Å². The maximum atomic E-state index is 11.8. The second-order valence-electron chi connectivity index (χ2n) is 7.93. The highest BCUT2D eigenvalue weighted by Crippen LogP contribution is 2.50. The number of hydrogen-bond acceptors (Lipinski definition) is 4. The van der Waals surface area contributed by atoms with Gasteiger partial charge in [-0.25, -0.2) is 0 Å². The van der Waals surface area contributed by atoms with Crippen LogP contribution in [0.4, 0.5) is 0 Å². The Bertz CT molecular complexity index is 793. The summed E-state index contributed by atoms with van der Waals surface area (Å²) in [5.74, 6) is 2.47. The summed E-state index contributed by atoms with van der Waals surface area (Å²) in [6.45, 7) is 2.85. The summed E-state index contributed by atoms with van der Waals surface area (Å²) in [5.41, 5.74) is 1.40. The third kappa shape index (κ3) is 3.44. The molecule has 0 radical (unpaired) electrons. The van der Waals surface area contributed by atoms with Gasteiger partial charge in [0, 0.05) is 31.1 Å². The van der Waals surface area contributed by atoms with E-state index in [0.29, 0.717) is 5.92 Å². The lowest BCUT2D eigenvalue weighted by atomic mass is 9.67. The number of ether oxygens (including phenoxy) is 2. The minimum Gasteiger partial charge on any atom is -0.497 e. The van der Waals surface area contributed by atoms with E-state index in [0.717, 1.165) is 49.5 Å². The predicted octanol–water partition coefficient (Wildman–Crippen LogP) is 3.82. The van der Waals surface area contributed by atoms with Crippen LogP contribution in [0.15, 0.2) is 48.5 Å². The van der Waals surface area contributed by atoms with Gasteiger partial charge in [0.15, 0.2) is 0 Å². The molecule has 1 N–H and O–H groups in total. The normalized spacial score (nSPS) is 28.0. The Balaban J connectivity index is 1.56. The summed E-state index contributed by atoms with van der Waals surface area (Å²) < 4.78 is 10.9. The van der Waals surface area contributed by atoms with Crippen molar-refractivity contribution in [2.45, 2.75) is 31.4 Å². The molecule has 3 atom stereocenters. The molecular formula is C23H29NO3. The molecule has 2 aromatic carbocycles. The van der Waals surface area contributed by atoms with Gasteiger partial charge in [0.1, 0.15) is 11.5 Å². The van der Waals surface area contributed by atoms with Crippen LogP contribution in [-0.2, 0) is 12.1 Å². The Morgan fingerprint density at radius 1 is 1.07 bits per heavy atom. The molecule has 4 heteroatoms. The second-order valence-corrected chi connectivity index (χ2v) is 7.93. The van der Waals surface area contributed by atoms with Crippen LogP contribution in [0.3, 0.4) is 0 Å². The van der Waals surface area contributed by atoms with Crippen molar-refractivity contribution in [2.24, 2.45) is 11.8 Å². The molecule has 144 valence electrons. The quantitative estimate of drug-likeness (QED) is 0.872. The van der Waals surface area contributed by atoms with Crippen molar-refractivity contribution in [3.8, 4) is 11.5 Å². The Morgan fingerprint density at radius 2 is 1.93 bits per heavy atom. The van der Waals surface area contributed by atoms with Crippen molar-refractivity contribution in [2.75, 3.05) is 27.3 Å². The number of benzene rings is 2. The van der Waals surface area contributed by atoms with E-state index in [2.05, 4.69) is 17.0 Å². The topological polar surface area (TPSA) is 41.9 Å². The number of para-hydroxylation sites is 1. The SMILES string of the molecule is COc1cccc(CN2C[C@@H]3CCC[C@](O)(c4ccccc4OC)[C@@H]3C2)c1. The molecule has 1 aliphatic heterocycles. The number of nitrogens with zero attached hydrogens (tertiary/aromatic N) is 1. The molecule has 4 rings (SSSR count). The van der Waals surface area contributed by atoms with Crippen LogP contribution in [0.1, 0.15) is 30.4 Å². The van der Waals surface area contributed by atoms with Crippen molar-refractivity contribution < 1.29 is 14.6 Å². The first kappa shape index (κ1) is 18.3. The number of likely N-dealkylation sites (tertiary alicyclic amines) is 1. The minimum absolute atomic E-state index is 0.244. The van der Waals surface area contributed by atoms with Crippen LogP contribution in [0, 0.1) is 11.8 Å². The fraction of sp³-hybridized carbons (Fsp3) is 0.478. The van der Waals surface area contributed by atoms with Gasteiger partial charge in [-0.1, -0.05) is 30.3 Å². The predicted molar refractivity (Wildman–Crippen MR) is 106 cm³/mol. The third-order valence-electron chi connectivity index (χ3n) is 6.38. The zero-order valence-corrected chi connectivity index (χ0v) is 16.2. The van der Waals surface area contributed by atoms with E-state index in [9.17, 15) is 5.11 Å². The maximum absolute atomic E-state index is 11.8. The highest BCUT2D eigenvalue weighted by Gasteiger charge is 2.50. The average molecular weight is 367 g/mol. The number of aliphatic hydroxyl groups is 1. The fourth-order valence-electron chi connectivity index (χ4n) is 5.11. The molecule has 1 heterocycles. The first-order valence-corrected chi connectivity index (χ1v) is 9.85. The van der Waals surface area contributed by atoms with Gasteiger partial charge >= 0.3 is 0 Å². The number of rotatable bonds is 5. The molecule has 0 amide bonds. The number of hydrogen-bond donors (Lipinski definition) is 1. The van der Waals surface area contributed by atoms with Crippen molar-refractivity contribution >= 4 is 0 Å². The zero-order chi connectivity index (χ0) is 18.9. The first-order valence-electron chi connectivity index (χ1n) is 9.85. The average Bonchev–Trinajstić information content (AvgIpc) is 3.12. The zero-order valence-electron chi connectivity index (χ0n) is 16.2. The van der Waals surface area contributed by atoms with Crippen LogP contribution in [0.25, 0.3) is 0 Å². The maximum Gasteiger partial charge on any atom is 0.124 e. The van der Waals surface area contributed by atoms with Gasteiger partial charge in [0.2, 0.25) is 0 Å². The largest absolute Gasteiger partial charge is 0.497 e. The molecule has 0 bridgehead atoms. The van der Waals surface area contributed by atoms with E-state index in [1.807, 2.05) is 36.4 Å². The van der Waals surface area contributed by atoms with Crippen LogP contribution < -0.4 is 9.47 Å². The van der Waals surface area contributed by atoms with Crippen molar-refractivity contribution in [3.63, 3.8) is 0 Å². The Hall–Kier alpha value is -2.04. The molecule has 2 aliphatic rings. The summed E-state index contributed by atoms with van der Waals surface area (Å²) >= 11 is 0. The minimum atomic E-state index is -0.807. The van der Waals surface area contributed by atoms with Crippen LogP contribution >= 0.6 is 0 Å². The monoisotopic (exact) mass is 367 g/mol. The molecule has 2 aromatic rings. The summed E-state index contributed by atoms with van der Waals surface area (Å²) in [6, 6.07) is 16.2. The van der Waals surface area contributed by atoms with Crippen molar-refractivity contribution in [1.29, 1.82) is 0 Å². The van der Waals surface area contributed by atoms with Gasteiger partial charge in [-0.15, -0.1) is 0 Å². The second kappa shape index (κ2) is 7.53. The van der Waals surface area contributed by atoms with E-state index in [1.54, 1.807) is 14.2 Å². The van der Waals surface area contributed by atoms with Crippen molar-refractivity contribution in [3.05, 3.63) is 59.7 Å². The van der Waals surface area contributed by atoms with Gasteiger partial charge in [0.05, 0.1) is 19.8 Å². The highest BCUT2D eigenvalue weighted by molar-refractivity contribution is 5.39. The van der Waals surface area contributed by atoms with Gasteiger partial charge in [-0.3, -0.25) is 4.90 Å². The van der Waals surface area contributed by atoms with Crippen LogP contribution in [0.5, 0.6) is 11.5 Å². The lowest BCUT2D eigenvalue weighted by molar-refractivity contribution is -0.0662. The highest BCUT2D eigenvalue weighted by atomic mass is 16.5. The molecule has 0 unspecified atom stereocenters. The third-order valence-corrected chi connectivity index (χ3v) is 6.38. The smallest absolute Gasteiger partial charge is 0.124 e. The van der Waals surface area contributed by atoms with Gasteiger partial charge in [-0.05, 0) is 48.9 Å². The standard InChI is InChI=1S/C23H29NO3/c1-26-19-9-5-7-17(13-19)14-24-15-18-8-6-12-23(25,21(18)16-24)20-10-3-4-11-22(20)27-2/h3-5,7,9-11,13,18,21,25H,6,8,12,14-16H2,1-2H3/t18-,21+,23-/m0/s1. The Morgan fingerprint density at radius 3 is 2.74 bits per heavy atom. The summed E-state index contributed by atoms with van der Waals surface area (Å²) in [7, 11) is 3.39. The lowest BCUT2D eigenvalue weighted by Gasteiger charge is -2.42. The van der Waals surface area contributed by atoms with E-state index < -0.39 is 5.60 Å². The van der Waals surface area contributed by atoms with Crippen LogP contribution in [0.2, 0.25) is 0 Å². The first-order chi connectivity index (χ1) is 13.1. The number of methoxy groups -OCH3 is 2. The van der Waals surface area contributed by atoms with E-state index >= 15 is 0 Å². The molecule has 4 nitrogen and oxygen atoms in total. The molecule has 0 spiro atoms. The van der Waals surface area contributed by atoms with E-state index in [4.69, 9.17) is 9.47 Å². The Kier molecular flexibility index (Phi) is 5.11. The van der Waals surface area contributed by atoms with Gasteiger partial charge in [-0.2, -0.15) is 0 Å². The summed E-state index contributed by atoms with van der Waals surface area (Å²) in [5, 5.41) is 11.8. The molecule has 2 fully saturated rings. The van der Waals surface area contributed by atoms with E-state index in [1.165, 1.54) is 12.0 Å².